The Kier molecular flexibility index (Phi) is 3.62. The van der Waals surface area contributed by atoms with Crippen molar-refractivity contribution in [2.75, 3.05) is 5.32 Å². The highest BCUT2D eigenvalue weighted by Gasteiger charge is 2.29. The van der Waals surface area contributed by atoms with Crippen LogP contribution < -0.4 is 5.32 Å². The lowest BCUT2D eigenvalue weighted by atomic mass is 10.0. The smallest absolute Gasteiger partial charge is 0.227 e. The molecule has 0 spiro atoms. The van der Waals surface area contributed by atoms with E-state index in [0.29, 0.717) is 5.69 Å². The molecule has 144 valence electrons. The number of aromatic amines is 2. The summed E-state index contributed by atoms with van der Waals surface area (Å²) in [4.78, 5) is 19.7. The number of rotatable bonds is 4. The lowest BCUT2D eigenvalue weighted by Gasteiger charge is -2.05. The molecule has 6 nitrogen and oxygen atoms in total. The van der Waals surface area contributed by atoms with Crippen LogP contribution in [0.3, 0.4) is 0 Å². The first-order chi connectivity index (χ1) is 14.7. The summed E-state index contributed by atoms with van der Waals surface area (Å²) >= 11 is 0. The SMILES string of the molecule is O=C(Nc1c#ccc(-c2ccc3[nH]nc(-c4cc5cnccc5[nH]4)c3c2)c1)C1CC1. The largest absolute Gasteiger partial charge is 0.353 e. The van der Waals surface area contributed by atoms with E-state index in [-0.39, 0.29) is 11.8 Å². The molecule has 1 fully saturated rings. The zero-order chi connectivity index (χ0) is 20.1. The third-order valence-corrected chi connectivity index (χ3v) is 5.51. The van der Waals surface area contributed by atoms with Gasteiger partial charge >= 0.3 is 0 Å². The van der Waals surface area contributed by atoms with Gasteiger partial charge in [-0.3, -0.25) is 14.9 Å². The van der Waals surface area contributed by atoms with Gasteiger partial charge < -0.3 is 10.3 Å². The number of pyridine rings is 1. The van der Waals surface area contributed by atoms with Crippen LogP contribution in [-0.4, -0.2) is 26.1 Å². The number of benzene rings is 1. The maximum absolute atomic E-state index is 12.1. The number of fused-ring (bicyclic) bond motifs is 2. The van der Waals surface area contributed by atoms with Gasteiger partial charge in [-0.2, -0.15) is 5.10 Å². The van der Waals surface area contributed by atoms with E-state index < -0.39 is 0 Å². The van der Waals surface area contributed by atoms with E-state index in [0.717, 1.165) is 57.2 Å². The fourth-order valence-electron chi connectivity index (χ4n) is 3.74. The number of hydrogen-bond donors (Lipinski definition) is 3. The molecule has 5 aromatic rings. The minimum Gasteiger partial charge on any atom is -0.353 e. The first kappa shape index (κ1) is 16.8. The average Bonchev–Trinajstić information content (AvgIpc) is 3.40. The standard InChI is InChI=1S/C24H17N5O/c30-24(14-4-5-14)26-18-3-1-2-15(10-18)16-6-7-21-19(11-16)23(29-28-21)22-12-17-13-25-9-8-20(17)27-22/h2,6-14,27H,4-5H2,(H,26,30)(H,28,29). The molecular formula is C24H17N5O. The van der Waals surface area contributed by atoms with E-state index in [9.17, 15) is 4.79 Å². The van der Waals surface area contributed by atoms with Crippen molar-refractivity contribution >= 4 is 33.4 Å². The fourth-order valence-corrected chi connectivity index (χ4v) is 3.74. The fraction of sp³-hybridized carbons (Fsp3) is 0.125. The van der Waals surface area contributed by atoms with Gasteiger partial charge in [0.25, 0.3) is 0 Å². The number of nitrogens with one attached hydrogen (secondary N) is 3. The van der Waals surface area contributed by atoms with Crippen molar-refractivity contribution < 1.29 is 4.79 Å². The third-order valence-electron chi connectivity index (χ3n) is 5.51. The third kappa shape index (κ3) is 2.88. The molecular weight excluding hydrogens is 374 g/mol. The molecule has 0 atom stereocenters. The Morgan fingerprint density at radius 3 is 2.90 bits per heavy atom. The number of carbonyl (C=O) groups is 1. The summed E-state index contributed by atoms with van der Waals surface area (Å²) in [5.74, 6) is 0.219. The molecule has 2 aromatic carbocycles. The zero-order valence-electron chi connectivity index (χ0n) is 16.0. The van der Waals surface area contributed by atoms with Crippen LogP contribution in [0.5, 0.6) is 0 Å². The molecule has 30 heavy (non-hydrogen) atoms. The van der Waals surface area contributed by atoms with Crippen molar-refractivity contribution in [3.63, 3.8) is 0 Å². The predicted octanol–water partition coefficient (Wildman–Crippen LogP) is 4.72. The molecule has 1 aliphatic carbocycles. The van der Waals surface area contributed by atoms with E-state index in [1.165, 1.54) is 0 Å². The van der Waals surface area contributed by atoms with E-state index in [1.54, 1.807) is 6.20 Å². The molecule has 6 rings (SSSR count). The minimum atomic E-state index is 0.0673. The van der Waals surface area contributed by atoms with Gasteiger partial charge in [0.15, 0.2) is 0 Å². The average molecular weight is 391 g/mol. The summed E-state index contributed by atoms with van der Waals surface area (Å²) in [5, 5.41) is 12.6. The number of aromatic nitrogens is 4. The second kappa shape index (κ2) is 6.46. The van der Waals surface area contributed by atoms with Crippen molar-refractivity contribution in [3.8, 4) is 22.5 Å². The molecule has 1 amide bonds. The van der Waals surface area contributed by atoms with Gasteiger partial charge in [-0.05, 0) is 66.4 Å². The summed E-state index contributed by atoms with van der Waals surface area (Å²) in [6, 6.07) is 20.0. The van der Waals surface area contributed by atoms with Gasteiger partial charge in [0.05, 0.1) is 16.9 Å². The predicted molar refractivity (Wildman–Crippen MR) is 116 cm³/mol. The molecule has 3 N–H and O–H groups in total. The Morgan fingerprint density at radius 2 is 2.03 bits per heavy atom. The van der Waals surface area contributed by atoms with Crippen LogP contribution >= 0.6 is 0 Å². The van der Waals surface area contributed by atoms with Crippen LogP contribution in [0.15, 0.2) is 54.9 Å². The van der Waals surface area contributed by atoms with Crippen LogP contribution in [-0.2, 0) is 4.79 Å². The Labute approximate surface area is 172 Å². The lowest BCUT2D eigenvalue weighted by molar-refractivity contribution is -0.117. The van der Waals surface area contributed by atoms with Crippen molar-refractivity contribution in [2.45, 2.75) is 12.8 Å². The summed E-state index contributed by atoms with van der Waals surface area (Å²) < 4.78 is 0. The number of H-pyrrole nitrogens is 2. The lowest BCUT2D eigenvalue weighted by Crippen LogP contribution is -2.12. The number of hydrogen-bond acceptors (Lipinski definition) is 3. The van der Waals surface area contributed by atoms with Crippen LogP contribution in [0.2, 0.25) is 0 Å². The minimum absolute atomic E-state index is 0.0673. The van der Waals surface area contributed by atoms with Crippen molar-refractivity contribution in [3.05, 3.63) is 67.0 Å². The number of anilines is 1. The van der Waals surface area contributed by atoms with E-state index in [1.807, 2.05) is 36.5 Å². The molecule has 6 heteroatoms. The highest BCUT2D eigenvalue weighted by atomic mass is 16.2. The summed E-state index contributed by atoms with van der Waals surface area (Å²) in [6.07, 6.45) is 5.55. The molecule has 0 unspecified atom stereocenters. The van der Waals surface area contributed by atoms with Gasteiger partial charge in [0, 0.05) is 34.6 Å². The first-order valence-electron chi connectivity index (χ1n) is 9.90. The van der Waals surface area contributed by atoms with E-state index >= 15 is 0 Å². The second-order valence-electron chi connectivity index (χ2n) is 7.67. The molecule has 3 aromatic heterocycles. The Hall–Kier alpha value is -4.11. The second-order valence-corrected chi connectivity index (χ2v) is 7.67. The quantitative estimate of drug-likeness (QED) is 0.414. The van der Waals surface area contributed by atoms with Gasteiger partial charge in [0.1, 0.15) is 5.69 Å². The molecule has 0 bridgehead atoms. The Bertz CT molecular complexity index is 1380. The van der Waals surface area contributed by atoms with E-state index in [4.69, 9.17) is 0 Å². The van der Waals surface area contributed by atoms with Crippen molar-refractivity contribution in [1.82, 2.24) is 20.2 Å². The molecule has 1 aliphatic rings. The van der Waals surface area contributed by atoms with Crippen LogP contribution in [0.1, 0.15) is 12.8 Å². The molecule has 0 aliphatic heterocycles. The van der Waals surface area contributed by atoms with Crippen molar-refractivity contribution in [1.29, 1.82) is 0 Å². The maximum atomic E-state index is 12.1. The normalized spacial score (nSPS) is 13.5. The summed E-state index contributed by atoms with van der Waals surface area (Å²) in [6.45, 7) is 0. The van der Waals surface area contributed by atoms with Crippen LogP contribution in [0, 0.1) is 18.1 Å². The molecule has 3 heterocycles. The maximum Gasteiger partial charge on any atom is 0.227 e. The van der Waals surface area contributed by atoms with Gasteiger partial charge in [-0.1, -0.05) is 12.1 Å². The van der Waals surface area contributed by atoms with Crippen LogP contribution in [0.4, 0.5) is 5.69 Å². The Morgan fingerprint density at radius 1 is 1.10 bits per heavy atom. The highest BCUT2D eigenvalue weighted by Crippen LogP contribution is 2.33. The number of carbonyl (C=O) groups excluding carboxylic acids is 1. The van der Waals surface area contributed by atoms with E-state index in [2.05, 4.69) is 49.7 Å². The Balaban J connectivity index is 1.40. The molecule has 1 saturated carbocycles. The van der Waals surface area contributed by atoms with Gasteiger partial charge in [0.2, 0.25) is 5.91 Å². The van der Waals surface area contributed by atoms with Crippen LogP contribution in [0.25, 0.3) is 44.3 Å². The summed E-state index contributed by atoms with van der Waals surface area (Å²) in [5.41, 5.74) is 6.42. The topological polar surface area (TPSA) is 86.5 Å². The monoisotopic (exact) mass is 391 g/mol. The molecule has 0 radical (unpaired) electrons. The first-order valence-corrected chi connectivity index (χ1v) is 9.90. The van der Waals surface area contributed by atoms with Gasteiger partial charge in [-0.15, -0.1) is 0 Å². The number of amides is 1. The number of nitrogens with zero attached hydrogens (tertiary/aromatic N) is 2. The molecule has 0 saturated heterocycles. The van der Waals surface area contributed by atoms with Crippen molar-refractivity contribution in [2.24, 2.45) is 5.92 Å². The summed E-state index contributed by atoms with van der Waals surface area (Å²) in [7, 11) is 0. The highest BCUT2D eigenvalue weighted by molar-refractivity contribution is 5.98. The zero-order valence-corrected chi connectivity index (χ0v) is 16.0. The van der Waals surface area contributed by atoms with Gasteiger partial charge in [-0.25, -0.2) is 0 Å².